The molecule has 1 aromatic heterocycles. The van der Waals surface area contributed by atoms with Crippen LogP contribution in [0.1, 0.15) is 31.3 Å². The molecule has 2 aromatic carbocycles. The number of para-hydroxylation sites is 2. The summed E-state index contributed by atoms with van der Waals surface area (Å²) >= 11 is 1.27. The number of nitrogens with zero attached hydrogens (tertiary/aromatic N) is 3. The number of thioether (sulfide) groups is 1. The maximum absolute atomic E-state index is 12.6. The van der Waals surface area contributed by atoms with Gasteiger partial charge in [-0.1, -0.05) is 30.0 Å². The maximum Gasteiger partial charge on any atom is 0.234 e. The minimum Gasteiger partial charge on any atom is -0.493 e. The molecule has 10 heteroatoms. The molecule has 0 aliphatic carbocycles. The van der Waals surface area contributed by atoms with Crippen LogP contribution in [0.3, 0.4) is 0 Å². The topological polar surface area (TPSA) is 107 Å². The van der Waals surface area contributed by atoms with Crippen LogP contribution in [0.4, 0.5) is 11.4 Å². The van der Waals surface area contributed by atoms with Crippen molar-refractivity contribution in [3.05, 3.63) is 66.5 Å². The molecule has 35 heavy (non-hydrogen) atoms. The van der Waals surface area contributed by atoms with Gasteiger partial charge < -0.3 is 20.1 Å². The lowest BCUT2D eigenvalue weighted by molar-refractivity contribution is -0.114. The molecule has 0 aliphatic rings. The molecule has 0 aliphatic heterocycles. The Balaban J connectivity index is 1.66. The average Bonchev–Trinajstić information content (AvgIpc) is 3.22. The van der Waals surface area contributed by atoms with Crippen LogP contribution in [-0.2, 0) is 16.1 Å². The molecule has 1 heterocycles. The number of aryl methyl sites for hydroxylation is 1. The van der Waals surface area contributed by atoms with Crippen molar-refractivity contribution in [2.75, 3.05) is 23.5 Å². The highest BCUT2D eigenvalue weighted by molar-refractivity contribution is 7.99. The van der Waals surface area contributed by atoms with E-state index in [9.17, 15) is 9.59 Å². The Morgan fingerprint density at radius 3 is 2.57 bits per heavy atom. The van der Waals surface area contributed by atoms with Crippen molar-refractivity contribution < 1.29 is 19.1 Å². The standard InChI is InChI=1S/C25H29N5O4S/c1-6-13-30-24(17(3)34-22-10-8-7-9-21(22)33-5)28-29-25(30)35-15-23(32)27-19-11-12-20(16(2)14-19)26-18(4)31/h6-12,14,17H,1,13,15H2,2-5H3,(H,26,31)(H,27,32). The summed E-state index contributed by atoms with van der Waals surface area (Å²) in [6.07, 6.45) is 1.33. The van der Waals surface area contributed by atoms with Gasteiger partial charge in [0.15, 0.2) is 28.6 Å². The molecular formula is C25H29N5O4S. The van der Waals surface area contributed by atoms with Crippen molar-refractivity contribution >= 4 is 35.0 Å². The quantitative estimate of drug-likeness (QED) is 0.295. The van der Waals surface area contributed by atoms with E-state index in [1.807, 2.05) is 48.7 Å². The molecule has 0 radical (unpaired) electrons. The number of carbonyl (C=O) groups is 2. The molecule has 1 unspecified atom stereocenters. The number of ether oxygens (including phenoxy) is 2. The van der Waals surface area contributed by atoms with Gasteiger partial charge in [-0.25, -0.2) is 0 Å². The molecule has 3 rings (SSSR count). The predicted octanol–water partition coefficient (Wildman–Crippen LogP) is 4.61. The van der Waals surface area contributed by atoms with Crippen LogP contribution < -0.4 is 20.1 Å². The number of carbonyl (C=O) groups excluding carboxylic acids is 2. The average molecular weight is 496 g/mol. The summed E-state index contributed by atoms with van der Waals surface area (Å²) in [4.78, 5) is 23.8. The molecule has 184 valence electrons. The lowest BCUT2D eigenvalue weighted by Gasteiger charge is -2.17. The third kappa shape index (κ3) is 6.86. The van der Waals surface area contributed by atoms with Crippen LogP contribution in [0.15, 0.2) is 60.3 Å². The van der Waals surface area contributed by atoms with Gasteiger partial charge in [0.1, 0.15) is 0 Å². The first-order valence-corrected chi connectivity index (χ1v) is 12.0. The van der Waals surface area contributed by atoms with Gasteiger partial charge in [-0.3, -0.25) is 14.2 Å². The fourth-order valence-electron chi connectivity index (χ4n) is 3.37. The van der Waals surface area contributed by atoms with Gasteiger partial charge in [-0.2, -0.15) is 0 Å². The van der Waals surface area contributed by atoms with Crippen LogP contribution in [0, 0.1) is 6.92 Å². The highest BCUT2D eigenvalue weighted by Crippen LogP contribution is 2.31. The molecule has 1 atom stereocenters. The molecule has 2 amide bonds. The van der Waals surface area contributed by atoms with E-state index in [2.05, 4.69) is 27.4 Å². The van der Waals surface area contributed by atoms with Gasteiger partial charge in [0, 0.05) is 24.8 Å². The Labute approximate surface area is 208 Å². The molecule has 3 aromatic rings. The molecule has 9 nitrogen and oxygen atoms in total. The van der Waals surface area contributed by atoms with Crippen LogP contribution in [0.2, 0.25) is 0 Å². The van der Waals surface area contributed by atoms with Crippen molar-refractivity contribution in [3.8, 4) is 11.5 Å². The smallest absolute Gasteiger partial charge is 0.234 e. The zero-order valence-corrected chi connectivity index (χ0v) is 21.0. The van der Waals surface area contributed by atoms with Gasteiger partial charge >= 0.3 is 0 Å². The molecular weight excluding hydrogens is 466 g/mol. The molecule has 0 spiro atoms. The van der Waals surface area contributed by atoms with E-state index in [1.54, 1.807) is 25.3 Å². The van der Waals surface area contributed by atoms with Crippen LogP contribution in [-0.4, -0.2) is 39.4 Å². The number of methoxy groups -OCH3 is 1. The van der Waals surface area contributed by atoms with Crippen molar-refractivity contribution in [3.63, 3.8) is 0 Å². The van der Waals surface area contributed by atoms with Gasteiger partial charge in [-0.15, -0.1) is 16.8 Å². The van der Waals surface area contributed by atoms with E-state index >= 15 is 0 Å². The number of nitrogens with one attached hydrogen (secondary N) is 2. The minimum atomic E-state index is -0.410. The first-order valence-electron chi connectivity index (χ1n) is 11.0. The first-order chi connectivity index (χ1) is 16.8. The van der Waals surface area contributed by atoms with Gasteiger partial charge in [0.05, 0.1) is 12.9 Å². The molecule has 0 bridgehead atoms. The summed E-state index contributed by atoms with van der Waals surface area (Å²) in [5, 5.41) is 14.8. The Morgan fingerprint density at radius 2 is 1.91 bits per heavy atom. The van der Waals surface area contributed by atoms with Crippen molar-refractivity contribution in [1.29, 1.82) is 0 Å². The maximum atomic E-state index is 12.6. The number of aromatic nitrogens is 3. The van der Waals surface area contributed by atoms with Crippen molar-refractivity contribution in [2.24, 2.45) is 0 Å². The number of rotatable bonds is 11. The largest absolute Gasteiger partial charge is 0.493 e. The second-order valence-electron chi connectivity index (χ2n) is 7.70. The number of anilines is 2. The predicted molar refractivity (Wildman–Crippen MR) is 137 cm³/mol. The number of allylic oxidation sites excluding steroid dienone is 1. The number of hydrogen-bond donors (Lipinski definition) is 2. The molecule has 0 saturated carbocycles. The van der Waals surface area contributed by atoms with Crippen molar-refractivity contribution in [1.82, 2.24) is 14.8 Å². The van der Waals surface area contributed by atoms with E-state index in [-0.39, 0.29) is 17.6 Å². The van der Waals surface area contributed by atoms with Crippen molar-refractivity contribution in [2.45, 2.75) is 38.6 Å². The van der Waals surface area contributed by atoms with Crippen LogP contribution >= 0.6 is 11.8 Å². The van der Waals surface area contributed by atoms with Gasteiger partial charge in [0.25, 0.3) is 0 Å². The number of hydrogen-bond acceptors (Lipinski definition) is 7. The number of benzene rings is 2. The normalized spacial score (nSPS) is 11.4. The second kappa shape index (κ2) is 12.1. The van der Waals surface area contributed by atoms with E-state index in [1.165, 1.54) is 18.7 Å². The highest BCUT2D eigenvalue weighted by atomic mass is 32.2. The zero-order chi connectivity index (χ0) is 25.4. The lowest BCUT2D eigenvalue weighted by Crippen LogP contribution is -2.16. The molecule has 0 fully saturated rings. The van der Waals surface area contributed by atoms with Crippen LogP contribution in [0.25, 0.3) is 0 Å². The Kier molecular flexibility index (Phi) is 8.91. The Bertz CT molecular complexity index is 1210. The summed E-state index contributed by atoms with van der Waals surface area (Å²) in [6.45, 7) is 9.48. The lowest BCUT2D eigenvalue weighted by atomic mass is 10.1. The summed E-state index contributed by atoms with van der Waals surface area (Å²) < 4.78 is 13.3. The minimum absolute atomic E-state index is 0.142. The van der Waals surface area contributed by atoms with E-state index in [0.29, 0.717) is 40.4 Å². The van der Waals surface area contributed by atoms with Crippen LogP contribution in [0.5, 0.6) is 11.5 Å². The van der Waals surface area contributed by atoms with Gasteiger partial charge in [-0.05, 0) is 49.7 Å². The van der Waals surface area contributed by atoms with E-state index in [4.69, 9.17) is 9.47 Å². The van der Waals surface area contributed by atoms with Gasteiger partial charge in [0.2, 0.25) is 11.8 Å². The van der Waals surface area contributed by atoms with E-state index in [0.717, 1.165) is 5.56 Å². The fraction of sp³-hybridized carbons (Fsp3) is 0.280. The zero-order valence-electron chi connectivity index (χ0n) is 20.2. The Hall–Kier alpha value is -3.79. The van der Waals surface area contributed by atoms with E-state index < -0.39 is 6.10 Å². The first kappa shape index (κ1) is 25.8. The summed E-state index contributed by atoms with van der Waals surface area (Å²) in [5.74, 6) is 1.65. The summed E-state index contributed by atoms with van der Waals surface area (Å²) in [7, 11) is 1.59. The SMILES string of the molecule is C=CCn1c(SCC(=O)Nc2ccc(NC(C)=O)c(C)c2)nnc1C(C)Oc1ccccc1OC. The Morgan fingerprint density at radius 1 is 1.17 bits per heavy atom. The summed E-state index contributed by atoms with van der Waals surface area (Å²) in [5.41, 5.74) is 2.21. The second-order valence-corrected chi connectivity index (χ2v) is 8.64. The molecule has 2 N–H and O–H groups in total. The third-order valence-corrected chi connectivity index (χ3v) is 5.91. The third-order valence-electron chi connectivity index (χ3n) is 4.95. The highest BCUT2D eigenvalue weighted by Gasteiger charge is 2.21. The fourth-order valence-corrected chi connectivity index (χ4v) is 4.12. The molecule has 0 saturated heterocycles. The summed E-state index contributed by atoms with van der Waals surface area (Å²) in [6, 6.07) is 12.7. The number of amides is 2. The monoisotopic (exact) mass is 495 g/mol.